The lowest BCUT2D eigenvalue weighted by molar-refractivity contribution is 0.199. The van der Waals surface area contributed by atoms with Gasteiger partial charge in [-0.25, -0.2) is 0 Å². The van der Waals surface area contributed by atoms with Gasteiger partial charge in [-0.15, -0.1) is 0 Å². The van der Waals surface area contributed by atoms with Crippen molar-refractivity contribution in [1.82, 2.24) is 0 Å². The summed E-state index contributed by atoms with van der Waals surface area (Å²) in [4.78, 5) is 0. The van der Waals surface area contributed by atoms with Gasteiger partial charge in [-0.1, -0.05) is 6.07 Å². The Labute approximate surface area is 65.1 Å². The van der Waals surface area contributed by atoms with E-state index in [1.807, 2.05) is 0 Å². The van der Waals surface area contributed by atoms with E-state index in [0.717, 1.165) is 0 Å². The maximum Gasteiger partial charge on any atom is 0.138 e. The minimum atomic E-state index is -0.544. The summed E-state index contributed by atoms with van der Waals surface area (Å²) in [6.07, 6.45) is -0.544. The molecule has 3 nitrogen and oxygen atoms in total. The highest BCUT2D eigenvalue weighted by Gasteiger charge is 2.02. The highest BCUT2D eigenvalue weighted by atomic mass is 16.3. The van der Waals surface area contributed by atoms with Crippen molar-refractivity contribution < 1.29 is 10.2 Å². The van der Waals surface area contributed by atoms with E-state index >= 15 is 0 Å². The van der Waals surface area contributed by atoms with Crippen LogP contribution in [0.1, 0.15) is 18.6 Å². The topological polar surface area (TPSA) is 66.5 Å². The van der Waals surface area contributed by atoms with Crippen LogP contribution in [0.2, 0.25) is 0 Å². The summed E-state index contributed by atoms with van der Waals surface area (Å²) >= 11 is 0. The van der Waals surface area contributed by atoms with Gasteiger partial charge in [0, 0.05) is 0 Å². The number of hydrogen-bond donors (Lipinski definition) is 3. The summed E-state index contributed by atoms with van der Waals surface area (Å²) in [6, 6.07) is 4.66. The van der Waals surface area contributed by atoms with Crippen LogP contribution >= 0.6 is 0 Å². The standard InChI is InChI=1S/C8H11NO2/c1-5(10)6-2-3-8(11)7(9)4-6/h2-5,10-11H,9H2,1H3/t5-/m0/s1. The Hall–Kier alpha value is -1.22. The Morgan fingerprint density at radius 2 is 2.09 bits per heavy atom. The predicted octanol–water partition coefficient (Wildman–Crippen LogP) is 1.03. The van der Waals surface area contributed by atoms with E-state index in [0.29, 0.717) is 11.3 Å². The zero-order chi connectivity index (χ0) is 8.43. The molecular formula is C8H11NO2. The molecule has 0 radical (unpaired) electrons. The third kappa shape index (κ3) is 1.62. The van der Waals surface area contributed by atoms with Crippen LogP contribution < -0.4 is 5.73 Å². The zero-order valence-corrected chi connectivity index (χ0v) is 6.28. The molecule has 1 rings (SSSR count). The van der Waals surface area contributed by atoms with E-state index in [2.05, 4.69) is 0 Å². The molecule has 60 valence electrons. The molecule has 0 unspecified atom stereocenters. The lowest BCUT2D eigenvalue weighted by Crippen LogP contribution is -1.93. The van der Waals surface area contributed by atoms with Gasteiger partial charge in [0.1, 0.15) is 5.75 Å². The van der Waals surface area contributed by atoms with Gasteiger partial charge in [-0.2, -0.15) is 0 Å². The Morgan fingerprint density at radius 1 is 1.45 bits per heavy atom. The van der Waals surface area contributed by atoms with E-state index in [1.165, 1.54) is 6.07 Å². The number of rotatable bonds is 1. The third-order valence-electron chi connectivity index (χ3n) is 1.53. The van der Waals surface area contributed by atoms with Crippen LogP contribution in [-0.2, 0) is 0 Å². The van der Waals surface area contributed by atoms with Crippen molar-refractivity contribution >= 4 is 5.69 Å². The van der Waals surface area contributed by atoms with Crippen molar-refractivity contribution in [2.45, 2.75) is 13.0 Å². The minimum Gasteiger partial charge on any atom is -0.506 e. The molecule has 0 aliphatic rings. The number of nitrogen functional groups attached to an aromatic ring is 1. The number of benzene rings is 1. The summed E-state index contributed by atoms with van der Waals surface area (Å²) in [7, 11) is 0. The molecule has 0 amide bonds. The first-order chi connectivity index (χ1) is 5.11. The summed E-state index contributed by atoms with van der Waals surface area (Å²) in [6.45, 7) is 1.64. The van der Waals surface area contributed by atoms with Gasteiger partial charge in [-0.05, 0) is 24.6 Å². The molecule has 1 atom stereocenters. The molecule has 3 heteroatoms. The van der Waals surface area contributed by atoms with Crippen molar-refractivity contribution in [3.63, 3.8) is 0 Å². The second kappa shape index (κ2) is 2.80. The van der Waals surface area contributed by atoms with Crippen molar-refractivity contribution in [3.05, 3.63) is 23.8 Å². The maximum absolute atomic E-state index is 9.10. The van der Waals surface area contributed by atoms with Crippen LogP contribution in [0, 0.1) is 0 Å². The van der Waals surface area contributed by atoms with Gasteiger partial charge < -0.3 is 15.9 Å². The fraction of sp³-hybridized carbons (Fsp3) is 0.250. The molecule has 0 spiro atoms. The number of hydrogen-bond acceptors (Lipinski definition) is 3. The van der Waals surface area contributed by atoms with Gasteiger partial charge in [0.05, 0.1) is 11.8 Å². The molecule has 1 aromatic carbocycles. The number of aliphatic hydroxyl groups excluding tert-OH is 1. The predicted molar refractivity (Wildman–Crippen MR) is 43.2 cm³/mol. The fourth-order valence-electron chi connectivity index (χ4n) is 0.833. The van der Waals surface area contributed by atoms with E-state index < -0.39 is 6.10 Å². The minimum absolute atomic E-state index is 0.0504. The number of phenolic OH excluding ortho intramolecular Hbond substituents is 1. The Balaban J connectivity index is 3.05. The van der Waals surface area contributed by atoms with Gasteiger partial charge >= 0.3 is 0 Å². The first-order valence-electron chi connectivity index (χ1n) is 3.37. The quantitative estimate of drug-likeness (QED) is 0.417. The monoisotopic (exact) mass is 153 g/mol. The first-order valence-corrected chi connectivity index (χ1v) is 3.37. The molecule has 0 aliphatic heterocycles. The maximum atomic E-state index is 9.10. The summed E-state index contributed by atoms with van der Waals surface area (Å²) in [5.41, 5.74) is 6.40. The average molecular weight is 153 g/mol. The Morgan fingerprint density at radius 3 is 2.55 bits per heavy atom. The molecule has 0 aliphatic carbocycles. The average Bonchev–Trinajstić information content (AvgIpc) is 1.94. The molecule has 1 aromatic rings. The number of nitrogens with two attached hydrogens (primary N) is 1. The highest BCUT2D eigenvalue weighted by molar-refractivity contribution is 5.53. The molecule has 4 N–H and O–H groups in total. The van der Waals surface area contributed by atoms with Crippen LogP contribution in [0.3, 0.4) is 0 Å². The van der Waals surface area contributed by atoms with Crippen LogP contribution in [-0.4, -0.2) is 10.2 Å². The number of aromatic hydroxyl groups is 1. The highest BCUT2D eigenvalue weighted by Crippen LogP contribution is 2.23. The summed E-state index contributed by atoms with van der Waals surface area (Å²) in [5.74, 6) is 0.0504. The summed E-state index contributed by atoms with van der Waals surface area (Å²) < 4.78 is 0. The van der Waals surface area contributed by atoms with E-state index in [1.54, 1.807) is 19.1 Å². The SMILES string of the molecule is C[C@H](O)c1ccc(O)c(N)c1. The van der Waals surface area contributed by atoms with Crippen molar-refractivity contribution in [3.8, 4) is 5.75 Å². The van der Waals surface area contributed by atoms with Crippen molar-refractivity contribution in [2.24, 2.45) is 0 Å². The lowest BCUT2D eigenvalue weighted by atomic mass is 10.1. The normalized spacial score (nSPS) is 12.9. The molecule has 0 saturated heterocycles. The largest absolute Gasteiger partial charge is 0.506 e. The van der Waals surface area contributed by atoms with E-state index in [9.17, 15) is 0 Å². The van der Waals surface area contributed by atoms with Crippen molar-refractivity contribution in [2.75, 3.05) is 5.73 Å². The van der Waals surface area contributed by atoms with Gasteiger partial charge in [0.25, 0.3) is 0 Å². The van der Waals surface area contributed by atoms with Crippen LogP contribution in [0.15, 0.2) is 18.2 Å². The molecule has 0 heterocycles. The third-order valence-corrected chi connectivity index (χ3v) is 1.53. The fourth-order valence-corrected chi connectivity index (χ4v) is 0.833. The first kappa shape index (κ1) is 7.88. The Kier molecular flexibility index (Phi) is 2.01. The smallest absolute Gasteiger partial charge is 0.138 e. The van der Waals surface area contributed by atoms with Gasteiger partial charge in [-0.3, -0.25) is 0 Å². The second-order valence-corrected chi connectivity index (χ2v) is 2.49. The van der Waals surface area contributed by atoms with Gasteiger partial charge in [0.2, 0.25) is 0 Å². The molecule has 0 saturated carbocycles. The summed E-state index contributed by atoms with van der Waals surface area (Å²) in [5, 5.41) is 18.1. The molecular weight excluding hydrogens is 142 g/mol. The molecule has 0 aromatic heterocycles. The van der Waals surface area contributed by atoms with E-state index in [-0.39, 0.29) is 5.75 Å². The van der Waals surface area contributed by atoms with Crippen LogP contribution in [0.25, 0.3) is 0 Å². The zero-order valence-electron chi connectivity index (χ0n) is 6.28. The lowest BCUT2D eigenvalue weighted by Gasteiger charge is -2.05. The van der Waals surface area contributed by atoms with Crippen LogP contribution in [0.5, 0.6) is 5.75 Å². The number of phenols is 1. The molecule has 11 heavy (non-hydrogen) atoms. The number of aliphatic hydroxyl groups is 1. The Bertz CT molecular complexity index is 258. The van der Waals surface area contributed by atoms with Gasteiger partial charge in [0.15, 0.2) is 0 Å². The number of anilines is 1. The van der Waals surface area contributed by atoms with E-state index in [4.69, 9.17) is 15.9 Å². The molecule has 0 fully saturated rings. The molecule has 0 bridgehead atoms. The van der Waals surface area contributed by atoms with Crippen LogP contribution in [0.4, 0.5) is 5.69 Å². The second-order valence-electron chi connectivity index (χ2n) is 2.49. The van der Waals surface area contributed by atoms with Crippen molar-refractivity contribution in [1.29, 1.82) is 0 Å².